The van der Waals surface area contributed by atoms with Crippen LogP contribution in [-0.4, -0.2) is 27.6 Å². The minimum atomic E-state index is -0.436. The maximum Gasteiger partial charge on any atom is 0.233 e. The highest BCUT2D eigenvalue weighted by Crippen LogP contribution is 2.24. The van der Waals surface area contributed by atoms with Gasteiger partial charge in [-0.3, -0.25) is 24.2 Å². The topological polar surface area (TPSA) is 209 Å². The van der Waals surface area contributed by atoms with E-state index in [0.29, 0.717) is 11.1 Å². The average molecular weight is 456 g/mol. The van der Waals surface area contributed by atoms with Crippen molar-refractivity contribution in [3.05, 3.63) is 133 Å². The van der Waals surface area contributed by atoms with Crippen molar-refractivity contribution >= 4 is 23.4 Å². The quantitative estimate of drug-likeness (QED) is 0.167. The van der Waals surface area contributed by atoms with E-state index in [2.05, 4.69) is 0 Å². The zero-order valence-electron chi connectivity index (χ0n) is 17.4. The Morgan fingerprint density at radius 2 is 1.29 bits per heavy atom. The van der Waals surface area contributed by atoms with E-state index in [-0.39, 0.29) is 22.8 Å². The molecule has 0 saturated heterocycles. The molecule has 4 rings (SSSR count). The molecule has 1 aliphatic rings. The van der Waals surface area contributed by atoms with Crippen LogP contribution in [0, 0.1) is 0 Å². The summed E-state index contributed by atoms with van der Waals surface area (Å²) in [6.07, 6.45) is 2.98. The number of rotatable bonds is 2. The van der Waals surface area contributed by atoms with Crippen molar-refractivity contribution in [1.29, 1.82) is 0 Å². The molecule has 0 saturated carbocycles. The molecule has 0 unspecified atom stereocenters. The first-order chi connectivity index (χ1) is 16.3. The third kappa shape index (κ3) is 7.71. The number of Topliss-reactive ketones (excluding diaryl/α,β-unsaturated/α-hetero) is 1. The number of carbonyl (C=O) groups excluding carboxylic acids is 3. The summed E-state index contributed by atoms with van der Waals surface area (Å²) in [4.78, 5) is 37.1. The van der Waals surface area contributed by atoms with Gasteiger partial charge in [0.1, 0.15) is 11.5 Å². The van der Waals surface area contributed by atoms with Crippen LogP contribution in [0.1, 0.15) is 31.8 Å². The summed E-state index contributed by atoms with van der Waals surface area (Å²) in [5.41, 5.74) is 29.0. The summed E-state index contributed by atoms with van der Waals surface area (Å²) in [5, 5.41) is 18.7. The van der Waals surface area contributed by atoms with Crippen LogP contribution in [0.25, 0.3) is 38.0 Å². The highest BCUT2D eigenvalue weighted by molar-refractivity contribution is 6.49. The molecule has 170 valence electrons. The fourth-order valence-corrected chi connectivity index (χ4v) is 2.68. The first-order valence-corrected chi connectivity index (χ1v) is 9.25. The zero-order chi connectivity index (χ0) is 25.5. The first kappa shape index (κ1) is 26.7. The predicted molar refractivity (Wildman–Crippen MR) is 125 cm³/mol. The number of carbonyl (C=O) groups is 3. The number of aromatic hydroxyl groups is 2. The van der Waals surface area contributed by atoms with E-state index in [1.165, 1.54) is 28.0 Å². The number of hydrogen-bond donors (Lipinski definition) is 2. The standard InChI is InChI=1S/C13H10O3.C10H6O2.2N3/c14-10-6-7-11(12(15)8-10)13(16)9-4-2-1-3-5-9;11-9-6-5-7-3-1-2-4-8(7)10(9)12;2*1-3-2/h1-8,14-15H;1-6H;;/q;;2*-1. The van der Waals surface area contributed by atoms with Crippen LogP contribution in [0.2, 0.25) is 0 Å². The number of nitrogens with zero attached hydrogens (tertiary/aromatic N) is 6. The molecule has 3 aromatic rings. The summed E-state index contributed by atoms with van der Waals surface area (Å²) >= 11 is 0. The predicted octanol–water partition coefficient (Wildman–Crippen LogP) is 5.53. The largest absolute Gasteiger partial charge is 0.508 e. The molecule has 0 spiro atoms. The lowest BCUT2D eigenvalue weighted by Gasteiger charge is -2.06. The van der Waals surface area contributed by atoms with Crippen molar-refractivity contribution in [2.75, 3.05) is 0 Å². The highest BCUT2D eigenvalue weighted by atomic mass is 16.3. The van der Waals surface area contributed by atoms with Gasteiger partial charge in [0.2, 0.25) is 11.6 Å². The van der Waals surface area contributed by atoms with Gasteiger partial charge in [0.05, 0.1) is 5.56 Å². The molecule has 1 aliphatic carbocycles. The van der Waals surface area contributed by atoms with Crippen molar-refractivity contribution < 1.29 is 24.6 Å². The molecule has 3 aromatic carbocycles. The van der Waals surface area contributed by atoms with E-state index in [1.807, 2.05) is 18.2 Å². The zero-order valence-corrected chi connectivity index (χ0v) is 17.4. The number of hydrogen-bond acceptors (Lipinski definition) is 5. The number of fused-ring (bicyclic) bond motifs is 1. The first-order valence-electron chi connectivity index (χ1n) is 9.25. The third-order valence-electron chi connectivity index (χ3n) is 4.11. The van der Waals surface area contributed by atoms with E-state index in [4.69, 9.17) is 27.2 Å². The fourth-order valence-electron chi connectivity index (χ4n) is 2.68. The van der Waals surface area contributed by atoms with Crippen LogP contribution < -0.4 is 0 Å². The van der Waals surface area contributed by atoms with E-state index in [9.17, 15) is 19.5 Å². The van der Waals surface area contributed by atoms with Crippen LogP contribution in [0.15, 0.2) is 78.9 Å². The van der Waals surface area contributed by atoms with E-state index >= 15 is 0 Å². The van der Waals surface area contributed by atoms with Crippen molar-refractivity contribution in [2.45, 2.75) is 0 Å². The van der Waals surface area contributed by atoms with E-state index in [0.717, 1.165) is 11.6 Å². The van der Waals surface area contributed by atoms with Gasteiger partial charge < -0.3 is 32.3 Å². The molecule has 0 heterocycles. The monoisotopic (exact) mass is 456 g/mol. The lowest BCUT2D eigenvalue weighted by atomic mass is 9.96. The van der Waals surface area contributed by atoms with Crippen LogP contribution in [0.3, 0.4) is 0 Å². The highest BCUT2D eigenvalue weighted by Gasteiger charge is 2.19. The Bertz CT molecular complexity index is 1260. The molecule has 0 atom stereocenters. The molecule has 11 nitrogen and oxygen atoms in total. The van der Waals surface area contributed by atoms with Crippen LogP contribution in [0.4, 0.5) is 0 Å². The second-order valence-corrected chi connectivity index (χ2v) is 6.19. The van der Waals surface area contributed by atoms with Gasteiger partial charge >= 0.3 is 0 Å². The lowest BCUT2D eigenvalue weighted by molar-refractivity contribution is -0.110. The Morgan fingerprint density at radius 3 is 1.88 bits per heavy atom. The third-order valence-corrected chi connectivity index (χ3v) is 4.11. The molecule has 2 N–H and O–H groups in total. The molecular formula is C23H16N6O5-2. The van der Waals surface area contributed by atoms with Gasteiger partial charge in [0.15, 0.2) is 5.78 Å². The number of phenols is 2. The Balaban J connectivity index is 0.000000283. The summed E-state index contributed by atoms with van der Waals surface area (Å²) in [7, 11) is 0. The number of ketones is 3. The molecule has 0 amide bonds. The Morgan fingerprint density at radius 1 is 0.735 bits per heavy atom. The lowest BCUT2D eigenvalue weighted by Crippen LogP contribution is -2.15. The summed E-state index contributed by atoms with van der Waals surface area (Å²) < 4.78 is 0. The molecule has 0 aromatic heterocycles. The molecule has 0 aliphatic heterocycles. The Hall–Kier alpha value is -5.37. The van der Waals surface area contributed by atoms with Crippen molar-refractivity contribution in [3.63, 3.8) is 0 Å². The van der Waals surface area contributed by atoms with Crippen LogP contribution in [0.5, 0.6) is 11.5 Å². The van der Waals surface area contributed by atoms with Crippen LogP contribution in [-0.2, 0) is 4.79 Å². The minimum absolute atomic E-state index is 0.0675. The second kappa shape index (κ2) is 13.8. The van der Waals surface area contributed by atoms with Crippen LogP contribution >= 0.6 is 0 Å². The summed E-state index contributed by atoms with van der Waals surface area (Å²) in [6.45, 7) is 0. The minimum Gasteiger partial charge on any atom is -0.508 e. The maximum absolute atomic E-state index is 11.9. The van der Waals surface area contributed by atoms with Gasteiger partial charge in [-0.15, -0.1) is 0 Å². The average Bonchev–Trinajstić information content (AvgIpc) is 2.83. The van der Waals surface area contributed by atoms with E-state index < -0.39 is 11.6 Å². The summed E-state index contributed by atoms with van der Waals surface area (Å²) in [6, 6.07) is 19.7. The molecule has 0 fully saturated rings. The molecule has 11 heteroatoms. The van der Waals surface area contributed by atoms with Crippen molar-refractivity contribution in [1.82, 2.24) is 0 Å². The SMILES string of the molecule is O=C(c1ccccc1)c1ccc(O)cc1O.O=C1C=Cc2ccccc2C1=O.[N-]=[N+]=[N-].[N-]=[N+]=[N-]. The van der Waals surface area contributed by atoms with Gasteiger partial charge in [0, 0.05) is 17.2 Å². The Labute approximate surface area is 193 Å². The van der Waals surface area contributed by atoms with Gasteiger partial charge in [-0.2, -0.15) is 0 Å². The van der Waals surface area contributed by atoms with Crippen molar-refractivity contribution in [2.24, 2.45) is 0 Å². The van der Waals surface area contributed by atoms with E-state index in [1.54, 1.807) is 42.5 Å². The molecule has 0 bridgehead atoms. The van der Waals surface area contributed by atoms with Gasteiger partial charge in [0.25, 0.3) is 0 Å². The molecular weight excluding hydrogens is 440 g/mol. The number of benzene rings is 3. The molecule has 0 radical (unpaired) electrons. The van der Waals surface area contributed by atoms with Gasteiger partial charge in [-0.1, -0.05) is 60.7 Å². The number of allylic oxidation sites excluding steroid dienone is 1. The normalized spacial score (nSPS) is 10.4. The Kier molecular flexibility index (Phi) is 10.9. The number of phenolic OH excluding ortho intramolecular Hbond substituents is 2. The second-order valence-electron chi connectivity index (χ2n) is 6.19. The fraction of sp³-hybridized carbons (Fsp3) is 0. The van der Waals surface area contributed by atoms with Gasteiger partial charge in [-0.05, 0) is 23.8 Å². The smallest absolute Gasteiger partial charge is 0.233 e. The van der Waals surface area contributed by atoms with Gasteiger partial charge in [-0.25, -0.2) is 0 Å². The summed E-state index contributed by atoms with van der Waals surface area (Å²) in [5.74, 6) is -1.39. The van der Waals surface area contributed by atoms with Crippen molar-refractivity contribution in [3.8, 4) is 11.5 Å². The maximum atomic E-state index is 11.9. The molecule has 34 heavy (non-hydrogen) atoms.